The minimum Gasteiger partial charge on any atom is -0.493 e. The van der Waals surface area contributed by atoms with Crippen molar-refractivity contribution in [1.29, 1.82) is 0 Å². The minimum absolute atomic E-state index is 0.0191. The Bertz CT molecular complexity index is 1930. The minimum atomic E-state index is -0.503. The zero-order chi connectivity index (χ0) is 36.4. The maximum absolute atomic E-state index is 12.7. The standard InChI is InChI=1S/C42H49N3O7/c1-6-7-16-43-42(47)52-35-13-10-27-20-33-32-24-38(36(48-4)23-28(32)14-17-44(33)2)51-41-39-29(22-30(25-46)40(41)49-5)15-18-45(3)34(39)19-26-8-11-31(12-9-26)50-37(35)21-27/h8-13,21-24,33-34,46H,6-7,14-20,25H2,1-5H3,(H,43,47)/t33-,34+/m1/s1. The van der Waals surface area contributed by atoms with Crippen LogP contribution in [0.3, 0.4) is 0 Å². The summed E-state index contributed by atoms with van der Waals surface area (Å²) in [5.41, 5.74) is 7.39. The number of carbonyl (C=O) groups excluding carboxylic acids is 1. The first kappa shape index (κ1) is 35.6. The second kappa shape index (κ2) is 15.5. The highest BCUT2D eigenvalue weighted by Crippen LogP contribution is 2.50. The number of unbranched alkanes of at least 4 members (excludes halogenated alkanes) is 1. The number of amides is 1. The molecule has 4 aliphatic rings. The molecule has 4 heterocycles. The van der Waals surface area contributed by atoms with Crippen molar-refractivity contribution < 1.29 is 33.6 Å². The lowest BCUT2D eigenvalue weighted by molar-refractivity contribution is 0.198. The molecule has 0 aromatic heterocycles. The highest BCUT2D eigenvalue weighted by Gasteiger charge is 2.34. The second-order valence-corrected chi connectivity index (χ2v) is 14.0. The van der Waals surface area contributed by atoms with E-state index in [4.69, 9.17) is 23.7 Å². The van der Waals surface area contributed by atoms with E-state index >= 15 is 0 Å². The monoisotopic (exact) mass is 707 g/mol. The molecule has 0 unspecified atom stereocenters. The summed E-state index contributed by atoms with van der Waals surface area (Å²) in [6, 6.07) is 20.1. The van der Waals surface area contributed by atoms with Crippen LogP contribution in [0.1, 0.15) is 70.8 Å². The molecule has 0 radical (unpaired) electrons. The van der Waals surface area contributed by atoms with Gasteiger partial charge in [0.25, 0.3) is 0 Å². The molecule has 52 heavy (non-hydrogen) atoms. The quantitative estimate of drug-likeness (QED) is 0.189. The van der Waals surface area contributed by atoms with Crippen LogP contribution in [0.2, 0.25) is 0 Å². The van der Waals surface area contributed by atoms with Crippen LogP contribution in [-0.4, -0.2) is 68.9 Å². The van der Waals surface area contributed by atoms with Gasteiger partial charge in [0.05, 0.1) is 20.8 Å². The Hall–Kier alpha value is -4.77. The van der Waals surface area contributed by atoms with Gasteiger partial charge in [-0.15, -0.1) is 0 Å². The zero-order valence-electron chi connectivity index (χ0n) is 30.8. The van der Waals surface area contributed by atoms with Crippen molar-refractivity contribution in [2.24, 2.45) is 0 Å². The van der Waals surface area contributed by atoms with Gasteiger partial charge in [-0.1, -0.05) is 31.5 Å². The summed E-state index contributed by atoms with van der Waals surface area (Å²) in [4.78, 5) is 17.5. The van der Waals surface area contributed by atoms with E-state index in [1.54, 1.807) is 14.2 Å². The fourth-order valence-corrected chi connectivity index (χ4v) is 7.78. The number of hydrogen-bond acceptors (Lipinski definition) is 9. The summed E-state index contributed by atoms with van der Waals surface area (Å²) in [7, 11) is 7.59. The van der Waals surface area contributed by atoms with Gasteiger partial charge in [0.2, 0.25) is 0 Å². The summed E-state index contributed by atoms with van der Waals surface area (Å²) in [5, 5.41) is 13.3. The van der Waals surface area contributed by atoms with Crippen LogP contribution in [-0.2, 0) is 32.3 Å². The number of carbonyl (C=O) groups is 1. The molecule has 2 N–H and O–H groups in total. The van der Waals surface area contributed by atoms with Crippen molar-refractivity contribution >= 4 is 6.09 Å². The molecule has 4 aliphatic heterocycles. The molecule has 0 saturated heterocycles. The molecule has 4 aromatic rings. The van der Waals surface area contributed by atoms with Crippen LogP contribution >= 0.6 is 0 Å². The van der Waals surface area contributed by atoms with Crippen LogP contribution in [0.5, 0.6) is 40.2 Å². The van der Waals surface area contributed by atoms with E-state index in [-0.39, 0.29) is 18.7 Å². The third-order valence-electron chi connectivity index (χ3n) is 10.7. The van der Waals surface area contributed by atoms with Gasteiger partial charge in [-0.3, -0.25) is 9.80 Å². The first-order chi connectivity index (χ1) is 25.3. The number of ether oxygens (including phenoxy) is 5. The van der Waals surface area contributed by atoms with E-state index in [1.807, 2.05) is 30.3 Å². The molecule has 274 valence electrons. The Kier molecular flexibility index (Phi) is 10.6. The van der Waals surface area contributed by atoms with Crippen molar-refractivity contribution in [2.45, 2.75) is 64.1 Å². The number of aliphatic hydroxyl groups is 1. The number of hydrogen-bond donors (Lipinski definition) is 2. The Labute approximate surface area is 306 Å². The maximum Gasteiger partial charge on any atom is 0.412 e. The highest BCUT2D eigenvalue weighted by atomic mass is 16.6. The molecular weight excluding hydrogens is 658 g/mol. The van der Waals surface area contributed by atoms with Crippen molar-refractivity contribution in [3.63, 3.8) is 0 Å². The number of nitrogens with zero attached hydrogens (tertiary/aromatic N) is 2. The first-order valence-corrected chi connectivity index (χ1v) is 18.3. The predicted molar refractivity (Wildman–Crippen MR) is 199 cm³/mol. The number of likely N-dealkylation sites (N-methyl/N-ethyl adjacent to an activating group) is 2. The van der Waals surface area contributed by atoms with Crippen LogP contribution in [0.25, 0.3) is 0 Å². The lowest BCUT2D eigenvalue weighted by Crippen LogP contribution is -2.34. The van der Waals surface area contributed by atoms with Crippen molar-refractivity contribution in [2.75, 3.05) is 47.9 Å². The van der Waals surface area contributed by atoms with Gasteiger partial charge in [0, 0.05) is 42.8 Å². The average Bonchev–Trinajstić information content (AvgIpc) is 3.15. The van der Waals surface area contributed by atoms with Crippen molar-refractivity contribution in [3.8, 4) is 40.2 Å². The van der Waals surface area contributed by atoms with Crippen LogP contribution in [0, 0.1) is 0 Å². The summed E-state index contributed by atoms with van der Waals surface area (Å²) < 4.78 is 31.3. The zero-order valence-corrected chi connectivity index (χ0v) is 30.8. The molecule has 2 atom stereocenters. The number of benzene rings is 4. The van der Waals surface area contributed by atoms with Gasteiger partial charge in [0.15, 0.2) is 34.5 Å². The smallest absolute Gasteiger partial charge is 0.412 e. The lowest BCUT2D eigenvalue weighted by Gasteiger charge is -2.37. The molecule has 0 spiro atoms. The van der Waals surface area contributed by atoms with Crippen molar-refractivity contribution in [1.82, 2.24) is 15.1 Å². The topological polar surface area (TPSA) is 102 Å². The SMILES string of the molecule is CCCCNC(=O)Oc1ccc2cc1Oc1ccc(cc1)C[C@H]1c3c(cc(CO)c(OC)c3Oc3cc4c(cc3OC)CCN(C)[C@@H]4C2)CCN1C. The summed E-state index contributed by atoms with van der Waals surface area (Å²) in [6.45, 7) is 4.20. The number of nitrogens with one attached hydrogen (secondary N) is 1. The molecule has 0 saturated carbocycles. The van der Waals surface area contributed by atoms with Crippen LogP contribution in [0.15, 0.2) is 60.7 Å². The predicted octanol–water partition coefficient (Wildman–Crippen LogP) is 7.53. The Morgan fingerprint density at radius 1 is 0.846 bits per heavy atom. The number of fused-ring (bicyclic) bond motifs is 2. The van der Waals surface area contributed by atoms with Gasteiger partial charge < -0.3 is 34.1 Å². The van der Waals surface area contributed by atoms with E-state index in [9.17, 15) is 9.90 Å². The maximum atomic E-state index is 12.7. The van der Waals surface area contributed by atoms with E-state index in [2.05, 4.69) is 66.5 Å². The number of aliphatic hydroxyl groups excluding tert-OH is 1. The normalized spacial score (nSPS) is 18.3. The fourth-order valence-electron chi connectivity index (χ4n) is 7.78. The second-order valence-electron chi connectivity index (χ2n) is 14.0. The average molecular weight is 708 g/mol. The van der Waals surface area contributed by atoms with Crippen LogP contribution in [0.4, 0.5) is 4.79 Å². The van der Waals surface area contributed by atoms with Gasteiger partial charge in [0.1, 0.15) is 5.75 Å². The van der Waals surface area contributed by atoms with E-state index in [1.165, 1.54) is 5.56 Å². The molecule has 6 bridgehead atoms. The van der Waals surface area contributed by atoms with E-state index in [0.29, 0.717) is 65.2 Å². The third kappa shape index (κ3) is 7.15. The third-order valence-corrected chi connectivity index (χ3v) is 10.7. The van der Waals surface area contributed by atoms with E-state index < -0.39 is 6.09 Å². The molecule has 8 rings (SSSR count). The molecular formula is C42H49N3O7. The number of methoxy groups -OCH3 is 2. The Morgan fingerprint density at radius 2 is 1.56 bits per heavy atom. The summed E-state index contributed by atoms with van der Waals surface area (Å²) >= 11 is 0. The van der Waals surface area contributed by atoms with Crippen LogP contribution < -0.4 is 29.0 Å². The summed E-state index contributed by atoms with van der Waals surface area (Å²) in [5.74, 6) is 3.86. The van der Waals surface area contributed by atoms with E-state index in [0.717, 1.165) is 66.6 Å². The summed E-state index contributed by atoms with van der Waals surface area (Å²) in [6.07, 6.45) is 4.42. The first-order valence-electron chi connectivity index (χ1n) is 18.3. The molecule has 10 nitrogen and oxygen atoms in total. The fraction of sp³-hybridized carbons (Fsp3) is 0.405. The lowest BCUT2D eigenvalue weighted by atomic mass is 9.86. The highest BCUT2D eigenvalue weighted by molar-refractivity contribution is 5.71. The van der Waals surface area contributed by atoms with Crippen molar-refractivity contribution in [3.05, 3.63) is 99.6 Å². The Balaban J connectivity index is 1.38. The van der Waals surface area contributed by atoms with Gasteiger partial charge in [-0.25, -0.2) is 4.79 Å². The number of rotatable bonds is 7. The van der Waals surface area contributed by atoms with Gasteiger partial charge >= 0.3 is 6.09 Å². The van der Waals surface area contributed by atoms with Gasteiger partial charge in [-0.2, -0.15) is 0 Å². The Morgan fingerprint density at radius 3 is 2.29 bits per heavy atom. The molecule has 4 aromatic carbocycles. The molecule has 0 aliphatic carbocycles. The molecule has 0 fully saturated rings. The van der Waals surface area contributed by atoms with Gasteiger partial charge in [-0.05, 0) is 116 Å². The largest absolute Gasteiger partial charge is 0.493 e. The molecule has 10 heteroatoms. The molecule has 1 amide bonds.